The first-order valence-electron chi connectivity index (χ1n) is 6.16. The molecule has 1 N–H and O–H groups in total. The number of hydrogen-bond donors (Lipinski definition) is 1. The van der Waals surface area contributed by atoms with Gasteiger partial charge in [0, 0.05) is 0 Å². The normalized spacial score (nSPS) is 18.9. The average molecular weight is 236 g/mol. The first-order valence-corrected chi connectivity index (χ1v) is 6.16. The zero-order chi connectivity index (χ0) is 12.3. The Morgan fingerprint density at radius 1 is 1.29 bits per heavy atom. The third-order valence-electron chi connectivity index (χ3n) is 3.52. The summed E-state index contributed by atoms with van der Waals surface area (Å²) < 4.78 is 14.3. The van der Waals surface area contributed by atoms with Gasteiger partial charge in [-0.1, -0.05) is 31.4 Å². The van der Waals surface area contributed by atoms with Crippen molar-refractivity contribution in [2.75, 3.05) is 0 Å². The Morgan fingerprint density at radius 2 is 2.00 bits per heavy atom. The first-order chi connectivity index (χ1) is 8.18. The van der Waals surface area contributed by atoms with Crippen LogP contribution in [0.4, 0.5) is 4.39 Å². The van der Waals surface area contributed by atoms with Crippen LogP contribution in [-0.2, 0) is 0 Å². The van der Waals surface area contributed by atoms with Crippen LogP contribution < -0.4 is 0 Å². The van der Waals surface area contributed by atoms with E-state index < -0.39 is 12.1 Å². The molecule has 1 unspecified atom stereocenters. The van der Waals surface area contributed by atoms with Crippen LogP contribution in [-0.4, -0.2) is 11.1 Å². The van der Waals surface area contributed by atoms with Crippen molar-refractivity contribution in [3.63, 3.8) is 0 Å². The summed E-state index contributed by atoms with van der Waals surface area (Å²) in [6.45, 7) is 0. The van der Waals surface area contributed by atoms with Crippen LogP contribution in [0.3, 0.4) is 0 Å². The maximum Gasteiger partial charge on any atom is 0.335 e. The SMILES string of the molecule is O=C(O)c1cccc(C(F)C2CCCCC2)c1. The van der Waals surface area contributed by atoms with Crippen molar-refractivity contribution in [1.29, 1.82) is 0 Å². The molecule has 1 aliphatic carbocycles. The summed E-state index contributed by atoms with van der Waals surface area (Å²) in [5.41, 5.74) is 0.678. The van der Waals surface area contributed by atoms with E-state index in [2.05, 4.69) is 0 Å². The van der Waals surface area contributed by atoms with E-state index in [1.807, 2.05) is 0 Å². The van der Waals surface area contributed by atoms with Gasteiger partial charge in [-0.3, -0.25) is 0 Å². The Hall–Kier alpha value is -1.38. The topological polar surface area (TPSA) is 37.3 Å². The van der Waals surface area contributed by atoms with E-state index in [0.717, 1.165) is 25.7 Å². The summed E-state index contributed by atoms with van der Waals surface area (Å²) in [6.07, 6.45) is 4.18. The molecule has 17 heavy (non-hydrogen) atoms. The second-order valence-corrected chi connectivity index (χ2v) is 4.73. The molecule has 0 saturated heterocycles. The number of alkyl halides is 1. The minimum Gasteiger partial charge on any atom is -0.478 e. The number of benzene rings is 1. The number of aromatic carboxylic acids is 1. The second-order valence-electron chi connectivity index (χ2n) is 4.73. The maximum absolute atomic E-state index is 14.3. The molecule has 0 heterocycles. The van der Waals surface area contributed by atoms with Gasteiger partial charge >= 0.3 is 5.97 Å². The van der Waals surface area contributed by atoms with E-state index in [1.165, 1.54) is 18.6 Å². The molecule has 1 atom stereocenters. The molecule has 0 aromatic heterocycles. The number of carboxylic acid groups (broad SMARTS) is 1. The number of halogens is 1. The minimum atomic E-state index is -1.02. The van der Waals surface area contributed by atoms with Crippen LogP contribution in [0, 0.1) is 5.92 Å². The molecule has 0 radical (unpaired) electrons. The minimum absolute atomic E-state index is 0.0628. The van der Waals surface area contributed by atoms with Crippen molar-refractivity contribution in [2.45, 2.75) is 38.3 Å². The fourth-order valence-corrected chi connectivity index (χ4v) is 2.54. The molecule has 1 fully saturated rings. The number of hydrogen-bond acceptors (Lipinski definition) is 1. The molecule has 0 bridgehead atoms. The van der Waals surface area contributed by atoms with E-state index in [9.17, 15) is 9.18 Å². The highest BCUT2D eigenvalue weighted by atomic mass is 19.1. The summed E-state index contributed by atoms with van der Waals surface area (Å²) in [4.78, 5) is 10.8. The van der Waals surface area contributed by atoms with E-state index in [4.69, 9.17) is 5.11 Å². The zero-order valence-corrected chi connectivity index (χ0v) is 9.73. The summed E-state index contributed by atoms with van der Waals surface area (Å²) in [5.74, 6) is -0.935. The lowest BCUT2D eigenvalue weighted by Gasteiger charge is -2.25. The van der Waals surface area contributed by atoms with Gasteiger partial charge in [-0.05, 0) is 36.5 Å². The van der Waals surface area contributed by atoms with Gasteiger partial charge in [-0.15, -0.1) is 0 Å². The molecule has 92 valence electrons. The summed E-state index contributed by atoms with van der Waals surface area (Å²) in [5, 5.41) is 8.88. The van der Waals surface area contributed by atoms with Crippen molar-refractivity contribution >= 4 is 5.97 Å². The Labute approximate surface area is 100 Å². The third-order valence-corrected chi connectivity index (χ3v) is 3.52. The summed E-state index contributed by atoms with van der Waals surface area (Å²) in [6, 6.07) is 6.26. The molecule has 0 aliphatic heterocycles. The molecule has 0 amide bonds. The molecule has 3 heteroatoms. The lowest BCUT2D eigenvalue weighted by molar-refractivity contribution is 0.0696. The highest BCUT2D eigenvalue weighted by molar-refractivity contribution is 5.87. The van der Waals surface area contributed by atoms with Gasteiger partial charge < -0.3 is 5.11 Å². The quantitative estimate of drug-likeness (QED) is 0.862. The van der Waals surface area contributed by atoms with Gasteiger partial charge in [-0.25, -0.2) is 9.18 Å². The molecular formula is C14H17FO2. The Bertz CT molecular complexity index is 397. The fourth-order valence-electron chi connectivity index (χ4n) is 2.54. The summed E-state index contributed by atoms with van der Waals surface area (Å²) >= 11 is 0. The predicted octanol–water partition coefficient (Wildman–Crippen LogP) is 3.98. The van der Waals surface area contributed by atoms with Gasteiger partial charge in [0.05, 0.1) is 5.56 Å². The highest BCUT2D eigenvalue weighted by Crippen LogP contribution is 2.37. The van der Waals surface area contributed by atoms with Crippen LogP contribution in [0.15, 0.2) is 24.3 Å². The van der Waals surface area contributed by atoms with Crippen molar-refractivity contribution in [3.05, 3.63) is 35.4 Å². The van der Waals surface area contributed by atoms with Crippen LogP contribution in [0.25, 0.3) is 0 Å². The highest BCUT2D eigenvalue weighted by Gasteiger charge is 2.25. The van der Waals surface area contributed by atoms with Gasteiger partial charge in [0.1, 0.15) is 6.17 Å². The first kappa shape index (κ1) is 12.1. The molecule has 0 spiro atoms. The Morgan fingerprint density at radius 3 is 2.65 bits per heavy atom. The molecular weight excluding hydrogens is 219 g/mol. The largest absolute Gasteiger partial charge is 0.478 e. The number of carboxylic acids is 1. The van der Waals surface area contributed by atoms with Crippen molar-refractivity contribution in [2.24, 2.45) is 5.92 Å². The average Bonchev–Trinajstić information content (AvgIpc) is 2.39. The molecule has 1 aromatic rings. The molecule has 2 rings (SSSR count). The third kappa shape index (κ3) is 2.84. The van der Waals surface area contributed by atoms with E-state index >= 15 is 0 Å². The predicted molar refractivity (Wildman–Crippen MR) is 63.8 cm³/mol. The lowest BCUT2D eigenvalue weighted by atomic mass is 9.83. The van der Waals surface area contributed by atoms with Crippen LogP contribution in [0.2, 0.25) is 0 Å². The fraction of sp³-hybridized carbons (Fsp3) is 0.500. The standard InChI is InChI=1S/C14H17FO2/c15-13(10-5-2-1-3-6-10)11-7-4-8-12(9-11)14(16)17/h4,7-10,13H,1-3,5-6H2,(H,16,17). The van der Waals surface area contributed by atoms with Crippen molar-refractivity contribution in [3.8, 4) is 0 Å². The summed E-state index contributed by atoms with van der Waals surface area (Å²) in [7, 11) is 0. The van der Waals surface area contributed by atoms with E-state index in [-0.39, 0.29) is 11.5 Å². The van der Waals surface area contributed by atoms with Gasteiger partial charge in [-0.2, -0.15) is 0 Å². The monoisotopic (exact) mass is 236 g/mol. The van der Waals surface area contributed by atoms with Crippen molar-refractivity contribution < 1.29 is 14.3 Å². The second kappa shape index (κ2) is 5.30. The van der Waals surface area contributed by atoms with Crippen LogP contribution >= 0.6 is 0 Å². The van der Waals surface area contributed by atoms with Gasteiger partial charge in [0.25, 0.3) is 0 Å². The molecule has 1 aromatic carbocycles. The van der Waals surface area contributed by atoms with Crippen molar-refractivity contribution in [1.82, 2.24) is 0 Å². The Balaban J connectivity index is 2.14. The molecule has 2 nitrogen and oxygen atoms in total. The van der Waals surface area contributed by atoms with E-state index in [1.54, 1.807) is 12.1 Å². The zero-order valence-electron chi connectivity index (χ0n) is 9.73. The van der Waals surface area contributed by atoms with E-state index in [0.29, 0.717) is 5.56 Å². The molecule has 1 aliphatic rings. The van der Waals surface area contributed by atoms with Gasteiger partial charge in [0.2, 0.25) is 0 Å². The maximum atomic E-state index is 14.3. The van der Waals surface area contributed by atoms with Gasteiger partial charge in [0.15, 0.2) is 0 Å². The number of carbonyl (C=O) groups is 1. The lowest BCUT2D eigenvalue weighted by Crippen LogP contribution is -2.13. The Kier molecular flexibility index (Phi) is 3.77. The van der Waals surface area contributed by atoms with Crippen LogP contribution in [0.1, 0.15) is 54.2 Å². The number of rotatable bonds is 3. The smallest absolute Gasteiger partial charge is 0.335 e. The van der Waals surface area contributed by atoms with Crippen LogP contribution in [0.5, 0.6) is 0 Å². The molecule has 1 saturated carbocycles.